The molecule has 3 atom stereocenters. The van der Waals surface area contributed by atoms with E-state index in [4.69, 9.17) is 0 Å². The summed E-state index contributed by atoms with van der Waals surface area (Å²) in [5, 5.41) is 21.6. The second-order valence-electron chi connectivity index (χ2n) is 9.70. The number of rotatable bonds is 5. The minimum atomic E-state index is -3.94. The first kappa shape index (κ1) is 23.2. The number of sulfone groups is 1. The van der Waals surface area contributed by atoms with Crippen LogP contribution in [0.15, 0.2) is 70.7 Å². The van der Waals surface area contributed by atoms with Crippen LogP contribution < -0.4 is 5.32 Å². The average molecular weight is 512 g/mol. The van der Waals surface area contributed by atoms with Gasteiger partial charge in [0.25, 0.3) is 0 Å². The molecule has 6 rings (SSSR count). The largest absolute Gasteiger partial charge is 0.382 e. The van der Waals surface area contributed by atoms with E-state index >= 15 is 0 Å². The molecule has 37 heavy (non-hydrogen) atoms. The Balaban J connectivity index is 1.43. The summed E-state index contributed by atoms with van der Waals surface area (Å²) in [6.45, 7) is 3.95. The molecule has 9 nitrogen and oxygen atoms in total. The van der Waals surface area contributed by atoms with E-state index in [1.807, 2.05) is 34.7 Å². The number of hydrogen-bond donors (Lipinski definition) is 2. The molecule has 2 N–H and O–H groups in total. The number of nitrogens with one attached hydrogen (secondary N) is 2. The van der Waals surface area contributed by atoms with Gasteiger partial charge < -0.3 is 10.3 Å². The van der Waals surface area contributed by atoms with Crippen LogP contribution in [0.4, 0.5) is 5.69 Å². The van der Waals surface area contributed by atoms with E-state index in [1.165, 1.54) is 0 Å². The lowest BCUT2D eigenvalue weighted by molar-refractivity contribution is 0.507. The van der Waals surface area contributed by atoms with E-state index in [-0.39, 0.29) is 33.4 Å². The van der Waals surface area contributed by atoms with E-state index in [0.717, 1.165) is 29.9 Å². The summed E-state index contributed by atoms with van der Waals surface area (Å²) in [5.74, 6) is 1.06. The number of aryl methyl sites for hydroxylation is 1. The Labute approximate surface area is 214 Å². The molecular weight excluding hydrogens is 486 g/mol. The smallest absolute Gasteiger partial charge is 0.228 e. The number of aromatic nitrogens is 5. The highest BCUT2D eigenvalue weighted by Gasteiger charge is 2.37. The van der Waals surface area contributed by atoms with Crippen LogP contribution in [0.5, 0.6) is 0 Å². The van der Waals surface area contributed by atoms with Gasteiger partial charge in [0.15, 0.2) is 11.3 Å². The molecule has 3 heterocycles. The molecule has 10 heteroatoms. The molecule has 0 bridgehead atoms. The maximum atomic E-state index is 13.7. The first-order valence-corrected chi connectivity index (χ1v) is 13.6. The summed E-state index contributed by atoms with van der Waals surface area (Å²) in [6.07, 6.45) is 3.45. The molecule has 1 fully saturated rings. The van der Waals surface area contributed by atoms with Gasteiger partial charge in [0, 0.05) is 23.8 Å². The van der Waals surface area contributed by atoms with Gasteiger partial charge in [-0.15, -0.1) is 10.2 Å². The van der Waals surface area contributed by atoms with Crippen LogP contribution in [0.25, 0.3) is 16.8 Å². The SMILES string of the molecule is Cc1ccccc1S(=O)(=O)c1nc2[nH]ccc2n2c([C@H]3C[C@@H](Nc4cccc(C#N)c4)C[C@H]3C)nnc12. The fourth-order valence-corrected chi connectivity index (χ4v) is 7.01. The molecule has 0 spiro atoms. The van der Waals surface area contributed by atoms with Crippen LogP contribution in [0.2, 0.25) is 0 Å². The van der Waals surface area contributed by atoms with Crippen molar-refractivity contribution in [2.24, 2.45) is 5.92 Å². The molecule has 0 amide bonds. The third kappa shape index (κ3) is 3.83. The number of fused-ring (bicyclic) bond motifs is 3. The number of nitrogens with zero attached hydrogens (tertiary/aromatic N) is 5. The zero-order valence-corrected chi connectivity index (χ0v) is 21.2. The first-order valence-electron chi connectivity index (χ1n) is 12.2. The third-order valence-corrected chi connectivity index (χ3v) is 9.07. The predicted molar refractivity (Wildman–Crippen MR) is 139 cm³/mol. The van der Waals surface area contributed by atoms with Crippen LogP contribution in [0.3, 0.4) is 0 Å². The molecule has 3 aromatic heterocycles. The summed E-state index contributed by atoms with van der Waals surface area (Å²) in [7, 11) is -3.94. The number of hydrogen-bond acceptors (Lipinski definition) is 7. The Kier molecular flexibility index (Phi) is 5.46. The molecule has 5 aromatic rings. The van der Waals surface area contributed by atoms with Crippen molar-refractivity contribution in [3.63, 3.8) is 0 Å². The summed E-state index contributed by atoms with van der Waals surface area (Å²) >= 11 is 0. The van der Waals surface area contributed by atoms with Crippen LogP contribution in [0.1, 0.15) is 42.6 Å². The number of aromatic amines is 1. The lowest BCUT2D eigenvalue weighted by Gasteiger charge is -2.15. The minimum absolute atomic E-state index is 0.0566. The van der Waals surface area contributed by atoms with Gasteiger partial charge in [0.1, 0.15) is 5.82 Å². The highest BCUT2D eigenvalue weighted by molar-refractivity contribution is 7.91. The van der Waals surface area contributed by atoms with E-state index in [2.05, 4.69) is 38.5 Å². The molecule has 1 saturated carbocycles. The molecule has 1 aliphatic rings. The molecular formula is C27H25N7O2S. The topological polar surface area (TPSA) is 129 Å². The van der Waals surface area contributed by atoms with Crippen molar-refractivity contribution in [3.05, 3.63) is 77.7 Å². The second kappa shape index (κ2) is 8.71. The molecule has 1 aliphatic carbocycles. The fraction of sp³-hybridized carbons (Fsp3) is 0.259. The van der Waals surface area contributed by atoms with Crippen molar-refractivity contribution in [1.82, 2.24) is 24.6 Å². The zero-order valence-electron chi connectivity index (χ0n) is 20.4. The van der Waals surface area contributed by atoms with Gasteiger partial charge in [-0.1, -0.05) is 31.2 Å². The quantitative estimate of drug-likeness (QED) is 0.352. The summed E-state index contributed by atoms with van der Waals surface area (Å²) in [5.41, 5.74) is 3.61. The molecule has 2 aromatic carbocycles. The average Bonchev–Trinajstić information content (AvgIpc) is 3.61. The Morgan fingerprint density at radius 3 is 2.76 bits per heavy atom. The summed E-state index contributed by atoms with van der Waals surface area (Å²) in [6, 6.07) is 18.6. The summed E-state index contributed by atoms with van der Waals surface area (Å²) in [4.78, 5) is 7.77. The fourth-order valence-electron chi connectivity index (χ4n) is 5.47. The second-order valence-corrected chi connectivity index (χ2v) is 11.5. The maximum Gasteiger partial charge on any atom is 0.228 e. The third-order valence-electron chi connectivity index (χ3n) is 7.25. The Bertz CT molecular complexity index is 1800. The number of nitriles is 1. The van der Waals surface area contributed by atoms with Gasteiger partial charge >= 0.3 is 0 Å². The maximum absolute atomic E-state index is 13.7. The van der Waals surface area contributed by atoms with E-state index < -0.39 is 9.84 Å². The van der Waals surface area contributed by atoms with Crippen molar-refractivity contribution in [1.29, 1.82) is 5.26 Å². The van der Waals surface area contributed by atoms with Crippen molar-refractivity contribution < 1.29 is 8.42 Å². The van der Waals surface area contributed by atoms with Crippen molar-refractivity contribution in [2.45, 2.75) is 48.6 Å². The Morgan fingerprint density at radius 1 is 1.11 bits per heavy atom. The molecule has 0 aliphatic heterocycles. The van der Waals surface area contributed by atoms with Gasteiger partial charge in [-0.2, -0.15) is 5.26 Å². The molecule has 0 saturated heterocycles. The van der Waals surface area contributed by atoms with E-state index in [0.29, 0.717) is 16.8 Å². The highest BCUT2D eigenvalue weighted by atomic mass is 32.2. The van der Waals surface area contributed by atoms with Gasteiger partial charge in [-0.05, 0) is 61.6 Å². The van der Waals surface area contributed by atoms with Crippen LogP contribution in [-0.2, 0) is 9.84 Å². The highest BCUT2D eigenvalue weighted by Crippen LogP contribution is 2.41. The van der Waals surface area contributed by atoms with Gasteiger partial charge in [-0.3, -0.25) is 4.40 Å². The van der Waals surface area contributed by atoms with Gasteiger partial charge in [0.05, 0.1) is 22.0 Å². The van der Waals surface area contributed by atoms with Crippen LogP contribution >= 0.6 is 0 Å². The van der Waals surface area contributed by atoms with Crippen LogP contribution in [0, 0.1) is 24.2 Å². The lowest BCUT2D eigenvalue weighted by atomic mass is 9.97. The van der Waals surface area contributed by atoms with E-state index in [9.17, 15) is 13.7 Å². The lowest BCUT2D eigenvalue weighted by Crippen LogP contribution is -2.16. The molecule has 186 valence electrons. The standard InChI is InChI=1S/C27H25N7O2S/c1-16-6-3-4-9-23(16)37(35,36)27-26-33-32-25(34(26)22-10-11-29-24(22)31-27)21-14-20(12-17(21)2)30-19-8-5-7-18(13-19)15-28/h3-11,13,17,20-21,29-30H,12,14H2,1-2H3/t17-,20+,21+/m1/s1. The van der Waals surface area contributed by atoms with E-state index in [1.54, 1.807) is 37.4 Å². The van der Waals surface area contributed by atoms with Crippen molar-refractivity contribution >= 4 is 32.3 Å². The summed E-state index contributed by atoms with van der Waals surface area (Å²) < 4.78 is 29.3. The number of H-pyrrole nitrogens is 1. The van der Waals surface area contributed by atoms with Gasteiger partial charge in [0.2, 0.25) is 14.9 Å². The first-order chi connectivity index (χ1) is 17.9. The predicted octanol–water partition coefficient (Wildman–Crippen LogP) is 4.61. The number of anilines is 1. The van der Waals surface area contributed by atoms with Crippen molar-refractivity contribution in [2.75, 3.05) is 5.32 Å². The Hall–Kier alpha value is -4.23. The van der Waals surface area contributed by atoms with Crippen LogP contribution in [-0.4, -0.2) is 39.0 Å². The molecule has 0 unspecified atom stereocenters. The zero-order chi connectivity index (χ0) is 25.7. The Morgan fingerprint density at radius 2 is 1.95 bits per heavy atom. The molecule has 0 radical (unpaired) electrons. The number of benzene rings is 2. The minimum Gasteiger partial charge on any atom is -0.382 e. The van der Waals surface area contributed by atoms with Gasteiger partial charge in [-0.25, -0.2) is 13.4 Å². The monoisotopic (exact) mass is 511 g/mol. The normalized spacial score (nSPS) is 19.9. The van der Waals surface area contributed by atoms with Crippen molar-refractivity contribution in [3.8, 4) is 6.07 Å².